The van der Waals surface area contributed by atoms with Crippen LogP contribution in [0.1, 0.15) is 47.2 Å². The number of benzene rings is 1. The number of methoxy groups -OCH3 is 2. The van der Waals surface area contributed by atoms with E-state index in [9.17, 15) is 9.59 Å². The highest BCUT2D eigenvalue weighted by molar-refractivity contribution is 5.99. The standard InChI is InChI=1S/C25H35N3O4/c1-17(2)28-18(3)13-21(19(28)4)22(29)16-26-9-11-27(12-10-26)25(30)15-20-7-8-23(31-5)24(14-20)32-6/h7-8,13-14,17H,9-12,15-16H2,1-6H3. The van der Waals surface area contributed by atoms with Gasteiger partial charge in [-0.3, -0.25) is 14.5 Å². The lowest BCUT2D eigenvalue weighted by atomic mass is 10.1. The van der Waals surface area contributed by atoms with Crippen molar-refractivity contribution < 1.29 is 19.1 Å². The maximum Gasteiger partial charge on any atom is 0.227 e. The van der Waals surface area contributed by atoms with Crippen LogP contribution in [0.2, 0.25) is 0 Å². The van der Waals surface area contributed by atoms with Crippen LogP contribution in [0, 0.1) is 13.8 Å². The number of ketones is 1. The molecule has 1 saturated heterocycles. The fraction of sp³-hybridized carbons (Fsp3) is 0.520. The topological polar surface area (TPSA) is 64.0 Å². The molecule has 2 aromatic rings. The van der Waals surface area contributed by atoms with E-state index in [1.54, 1.807) is 14.2 Å². The number of Topliss-reactive ketones (excluding diaryl/α,β-unsaturated/α-hetero) is 1. The van der Waals surface area contributed by atoms with Gasteiger partial charge in [-0.15, -0.1) is 0 Å². The van der Waals surface area contributed by atoms with Gasteiger partial charge >= 0.3 is 0 Å². The van der Waals surface area contributed by atoms with Crippen molar-refractivity contribution >= 4 is 11.7 Å². The second kappa shape index (κ2) is 10.2. The third kappa shape index (κ3) is 5.15. The van der Waals surface area contributed by atoms with Crippen LogP contribution < -0.4 is 9.47 Å². The van der Waals surface area contributed by atoms with Crippen LogP contribution in [0.3, 0.4) is 0 Å². The van der Waals surface area contributed by atoms with Crippen LogP contribution >= 0.6 is 0 Å². The Balaban J connectivity index is 1.54. The van der Waals surface area contributed by atoms with Crippen molar-refractivity contribution in [1.82, 2.24) is 14.4 Å². The number of carbonyl (C=O) groups is 2. The number of aromatic nitrogens is 1. The predicted molar refractivity (Wildman–Crippen MR) is 125 cm³/mol. The van der Waals surface area contributed by atoms with Crippen molar-refractivity contribution in [2.75, 3.05) is 46.9 Å². The number of nitrogens with zero attached hydrogens (tertiary/aromatic N) is 3. The minimum Gasteiger partial charge on any atom is -0.493 e. The molecule has 0 spiro atoms. The maximum absolute atomic E-state index is 12.9. The van der Waals surface area contributed by atoms with Crippen molar-refractivity contribution in [3.63, 3.8) is 0 Å². The summed E-state index contributed by atoms with van der Waals surface area (Å²) in [5.74, 6) is 1.51. The van der Waals surface area contributed by atoms with E-state index in [1.807, 2.05) is 43.0 Å². The highest BCUT2D eigenvalue weighted by Crippen LogP contribution is 2.28. The van der Waals surface area contributed by atoms with Gasteiger partial charge in [0.15, 0.2) is 17.3 Å². The van der Waals surface area contributed by atoms with Gasteiger partial charge in [-0.2, -0.15) is 0 Å². The van der Waals surface area contributed by atoms with Gasteiger partial charge in [0, 0.05) is 49.2 Å². The Bertz CT molecular complexity index is 972. The second-order valence-corrected chi connectivity index (χ2v) is 8.69. The number of ether oxygens (including phenoxy) is 2. The molecule has 3 rings (SSSR count). The summed E-state index contributed by atoms with van der Waals surface area (Å²) in [4.78, 5) is 29.7. The first-order valence-electron chi connectivity index (χ1n) is 11.2. The Morgan fingerprint density at radius 2 is 1.62 bits per heavy atom. The zero-order valence-corrected chi connectivity index (χ0v) is 20.1. The third-order valence-electron chi connectivity index (χ3n) is 6.20. The van der Waals surface area contributed by atoms with Crippen molar-refractivity contribution in [2.45, 2.75) is 40.2 Å². The molecule has 0 bridgehead atoms. The largest absolute Gasteiger partial charge is 0.493 e. The smallest absolute Gasteiger partial charge is 0.227 e. The van der Waals surface area contributed by atoms with Gasteiger partial charge in [0.25, 0.3) is 0 Å². The molecule has 0 saturated carbocycles. The molecule has 1 amide bonds. The highest BCUT2D eigenvalue weighted by atomic mass is 16.5. The van der Waals surface area contributed by atoms with E-state index in [2.05, 4.69) is 23.3 Å². The third-order valence-corrected chi connectivity index (χ3v) is 6.20. The Morgan fingerprint density at radius 1 is 0.969 bits per heavy atom. The molecular formula is C25H35N3O4. The molecule has 1 aromatic heterocycles. The van der Waals surface area contributed by atoms with E-state index in [0.717, 1.165) is 22.5 Å². The Kier molecular flexibility index (Phi) is 7.61. The number of amides is 1. The number of hydrogen-bond acceptors (Lipinski definition) is 5. The molecule has 0 aliphatic carbocycles. The summed E-state index contributed by atoms with van der Waals surface area (Å²) in [6, 6.07) is 7.89. The zero-order valence-electron chi connectivity index (χ0n) is 20.1. The maximum atomic E-state index is 12.9. The fourth-order valence-corrected chi connectivity index (χ4v) is 4.57. The molecule has 0 N–H and O–H groups in total. The predicted octanol–water partition coefficient (Wildman–Crippen LogP) is 3.27. The molecule has 1 aliphatic heterocycles. The SMILES string of the molecule is COc1ccc(CC(=O)N2CCN(CC(=O)c3cc(C)n(C(C)C)c3C)CC2)cc1OC. The van der Waals surface area contributed by atoms with Gasteiger partial charge < -0.3 is 18.9 Å². The van der Waals surface area contributed by atoms with Crippen molar-refractivity contribution in [3.05, 3.63) is 46.8 Å². The Morgan fingerprint density at radius 3 is 2.19 bits per heavy atom. The summed E-state index contributed by atoms with van der Waals surface area (Å²) in [6.07, 6.45) is 0.320. The summed E-state index contributed by atoms with van der Waals surface area (Å²) in [6.45, 7) is 11.4. The molecule has 7 nitrogen and oxygen atoms in total. The molecule has 1 fully saturated rings. The quantitative estimate of drug-likeness (QED) is 0.589. The van der Waals surface area contributed by atoms with E-state index in [4.69, 9.17) is 9.47 Å². The van der Waals surface area contributed by atoms with E-state index < -0.39 is 0 Å². The van der Waals surface area contributed by atoms with E-state index in [-0.39, 0.29) is 11.7 Å². The minimum atomic E-state index is 0.0867. The summed E-state index contributed by atoms with van der Waals surface area (Å²) in [5, 5.41) is 0. The summed E-state index contributed by atoms with van der Waals surface area (Å²) in [7, 11) is 3.18. The highest BCUT2D eigenvalue weighted by Gasteiger charge is 2.25. The van der Waals surface area contributed by atoms with Gasteiger partial charge in [0.1, 0.15) is 0 Å². The molecule has 7 heteroatoms. The molecule has 1 aliphatic rings. The number of hydrogen-bond donors (Lipinski definition) is 0. The molecule has 0 radical (unpaired) electrons. The van der Waals surface area contributed by atoms with E-state index in [0.29, 0.717) is 56.7 Å². The Hall–Kier alpha value is -2.80. The van der Waals surface area contributed by atoms with E-state index in [1.165, 1.54) is 0 Å². The molecule has 2 heterocycles. The average Bonchev–Trinajstić information content (AvgIpc) is 3.08. The van der Waals surface area contributed by atoms with E-state index >= 15 is 0 Å². The van der Waals surface area contributed by atoms with Crippen molar-refractivity contribution in [1.29, 1.82) is 0 Å². The van der Waals surface area contributed by atoms with Crippen LogP contribution in [0.15, 0.2) is 24.3 Å². The summed E-state index contributed by atoms with van der Waals surface area (Å²) >= 11 is 0. The van der Waals surface area contributed by atoms with Crippen LogP contribution in [0.4, 0.5) is 0 Å². The van der Waals surface area contributed by atoms with Gasteiger partial charge in [-0.05, 0) is 51.5 Å². The van der Waals surface area contributed by atoms with Gasteiger partial charge in [-0.25, -0.2) is 0 Å². The average molecular weight is 442 g/mol. The molecule has 174 valence electrons. The number of aryl methyl sites for hydroxylation is 1. The molecular weight excluding hydrogens is 406 g/mol. The van der Waals surface area contributed by atoms with Gasteiger partial charge in [0.2, 0.25) is 5.91 Å². The normalized spacial score (nSPS) is 14.7. The Labute approximate surface area is 190 Å². The van der Waals surface area contributed by atoms with Gasteiger partial charge in [0.05, 0.1) is 27.2 Å². The number of carbonyl (C=O) groups excluding carboxylic acids is 2. The van der Waals surface area contributed by atoms with Crippen LogP contribution in [-0.2, 0) is 11.2 Å². The minimum absolute atomic E-state index is 0.0867. The number of rotatable bonds is 8. The van der Waals surface area contributed by atoms with Crippen LogP contribution in [0.5, 0.6) is 11.5 Å². The molecule has 0 atom stereocenters. The first-order valence-corrected chi connectivity index (χ1v) is 11.2. The number of piperazine rings is 1. The van der Waals surface area contributed by atoms with Crippen LogP contribution in [-0.4, -0.2) is 73.0 Å². The second-order valence-electron chi connectivity index (χ2n) is 8.69. The molecule has 0 unspecified atom stereocenters. The zero-order chi connectivity index (χ0) is 23.4. The van der Waals surface area contributed by atoms with Gasteiger partial charge in [-0.1, -0.05) is 6.07 Å². The lowest BCUT2D eigenvalue weighted by Gasteiger charge is -2.34. The first kappa shape index (κ1) is 23.9. The van der Waals surface area contributed by atoms with Crippen molar-refractivity contribution in [3.8, 4) is 11.5 Å². The summed E-state index contributed by atoms with van der Waals surface area (Å²) < 4.78 is 12.8. The monoisotopic (exact) mass is 441 g/mol. The molecule has 32 heavy (non-hydrogen) atoms. The lowest BCUT2D eigenvalue weighted by molar-refractivity contribution is -0.132. The summed E-state index contributed by atoms with van der Waals surface area (Å²) in [5.41, 5.74) is 3.85. The lowest BCUT2D eigenvalue weighted by Crippen LogP contribution is -2.50. The molecule has 1 aromatic carbocycles. The van der Waals surface area contributed by atoms with Crippen molar-refractivity contribution in [2.24, 2.45) is 0 Å². The first-order chi connectivity index (χ1) is 15.2. The van der Waals surface area contributed by atoms with Crippen LogP contribution in [0.25, 0.3) is 0 Å². The fourth-order valence-electron chi connectivity index (χ4n) is 4.57.